The van der Waals surface area contributed by atoms with Crippen molar-refractivity contribution in [2.45, 2.75) is 0 Å². The van der Waals surface area contributed by atoms with Crippen LogP contribution in [0.3, 0.4) is 0 Å². The van der Waals surface area contributed by atoms with Crippen LogP contribution < -0.4 is 0 Å². The average molecular weight is 156 g/mol. The molecule has 0 atom stereocenters. The normalized spacial score (nSPS) is 1.50. The summed E-state index contributed by atoms with van der Waals surface area (Å²) in [5.41, 5.74) is 0. The molecule has 4 heavy (non-hydrogen) atoms. The van der Waals surface area contributed by atoms with Crippen LogP contribution in [0, 0.1) is 0 Å². The minimum absolute atomic E-state index is 0. The second kappa shape index (κ2) is 32.9. The molecule has 3 heteroatoms. The van der Waals surface area contributed by atoms with Gasteiger partial charge in [-0.3, -0.25) is 0 Å². The summed E-state index contributed by atoms with van der Waals surface area (Å²) in [5.74, 6) is 0. The van der Waals surface area contributed by atoms with Crippen LogP contribution in [0.5, 0.6) is 0 Å². The summed E-state index contributed by atoms with van der Waals surface area (Å²) < 4.78 is 0. The van der Waals surface area contributed by atoms with E-state index in [-0.39, 0.29) is 36.3 Å². The first kappa shape index (κ1) is 19.5. The van der Waals surface area contributed by atoms with Crippen molar-refractivity contribution in [3.63, 3.8) is 0 Å². The fourth-order valence-corrected chi connectivity index (χ4v) is 0. The van der Waals surface area contributed by atoms with Gasteiger partial charge in [-0.05, 0) is 0 Å². The molecule has 0 bridgehead atoms. The van der Waals surface area contributed by atoms with Gasteiger partial charge >= 0.3 is 0 Å². The molecule has 1 radical (unpaired) electrons. The van der Waals surface area contributed by atoms with Crippen LogP contribution in [0.15, 0.2) is 0 Å². The smallest absolute Gasteiger partial charge is 0.0319 e. The van der Waals surface area contributed by atoms with Gasteiger partial charge in [0.1, 0.15) is 0 Å². The van der Waals surface area contributed by atoms with E-state index in [2.05, 4.69) is 0 Å². The summed E-state index contributed by atoms with van der Waals surface area (Å²) in [6.07, 6.45) is 0. The van der Waals surface area contributed by atoms with Crippen molar-refractivity contribution >= 4 is 0 Å². The Morgan fingerprint density at radius 3 is 1.25 bits per heavy atom. The molecule has 0 unspecified atom stereocenters. The first-order valence-electron chi connectivity index (χ1n) is 0.447. The third kappa shape index (κ3) is 11.4. The Morgan fingerprint density at radius 2 is 1.25 bits per heavy atom. The predicted octanol–water partition coefficient (Wildman–Crippen LogP) is -0.397. The zero-order chi connectivity index (χ0) is 2.00. The van der Waals surface area contributed by atoms with Gasteiger partial charge in [0, 0.05) is 43.4 Å². The van der Waals surface area contributed by atoms with Gasteiger partial charge in [-0.1, -0.05) is 0 Å². The summed E-state index contributed by atoms with van der Waals surface area (Å²) in [5, 5.41) is 7.00. The van der Waals surface area contributed by atoms with Crippen LogP contribution in [0.4, 0.5) is 0 Å². The van der Waals surface area contributed by atoms with Crippen LogP contribution >= 0.6 is 0 Å². The van der Waals surface area contributed by atoms with E-state index >= 15 is 0 Å². The Labute approximate surface area is 48.7 Å². The number of rotatable bonds is 0. The quantitative estimate of drug-likeness (QED) is 0.473. The molecular weight excluding hydrogens is 152 g/mol. The van der Waals surface area contributed by atoms with Crippen LogP contribution in [-0.2, 0) is 36.3 Å². The summed E-state index contributed by atoms with van der Waals surface area (Å²) in [7, 11) is 1.00. The van der Waals surface area contributed by atoms with Gasteiger partial charge in [-0.25, -0.2) is 0 Å². The van der Waals surface area contributed by atoms with Gasteiger partial charge in [-0.2, -0.15) is 0 Å². The minimum atomic E-state index is 0. The Bertz CT molecular complexity index is 8.00. The van der Waals surface area contributed by atoms with E-state index in [1.165, 1.54) is 0 Å². The maximum atomic E-state index is 7.00. The molecule has 0 saturated heterocycles. The predicted molar refractivity (Wildman–Crippen MR) is 8.14 cm³/mol. The fourth-order valence-electron chi connectivity index (χ4n) is 0. The van der Waals surface area contributed by atoms with Gasteiger partial charge in [0.2, 0.25) is 0 Å². The maximum absolute atomic E-state index is 7.00. The third-order valence-electron chi connectivity index (χ3n) is 0. The molecular formula is CH4CoOZn. The molecule has 0 aromatic heterocycles. The van der Waals surface area contributed by atoms with Crippen molar-refractivity contribution in [2.75, 3.05) is 7.11 Å². The zero-order valence-electron chi connectivity index (χ0n) is 2.49. The molecule has 0 aliphatic rings. The molecule has 0 rings (SSSR count). The SMILES string of the molecule is CO.[Co].[Zn]. The molecule has 1 N–H and O–H groups in total. The second-order valence-corrected chi connectivity index (χ2v) is 0. The van der Waals surface area contributed by atoms with E-state index < -0.39 is 0 Å². The topological polar surface area (TPSA) is 20.2 Å². The summed E-state index contributed by atoms with van der Waals surface area (Å²) in [6.45, 7) is 0. The van der Waals surface area contributed by atoms with Gasteiger partial charge in [0.15, 0.2) is 0 Å². The van der Waals surface area contributed by atoms with Crippen LogP contribution in [-0.4, -0.2) is 12.2 Å². The molecule has 0 heterocycles. The molecule has 0 aliphatic heterocycles. The minimum Gasteiger partial charge on any atom is -0.400 e. The summed E-state index contributed by atoms with van der Waals surface area (Å²) >= 11 is 0. The van der Waals surface area contributed by atoms with Gasteiger partial charge < -0.3 is 5.11 Å². The van der Waals surface area contributed by atoms with Gasteiger partial charge in [-0.15, -0.1) is 0 Å². The number of hydrogen-bond donors (Lipinski definition) is 1. The van der Waals surface area contributed by atoms with Crippen molar-refractivity contribution in [1.29, 1.82) is 0 Å². The van der Waals surface area contributed by atoms with Crippen molar-refractivity contribution in [2.24, 2.45) is 0 Å². The molecule has 0 amide bonds. The van der Waals surface area contributed by atoms with E-state index in [1.54, 1.807) is 0 Å². The largest absolute Gasteiger partial charge is 0.400 e. The van der Waals surface area contributed by atoms with E-state index in [1.807, 2.05) is 0 Å². The van der Waals surface area contributed by atoms with Crippen LogP contribution in [0.1, 0.15) is 0 Å². The number of aliphatic hydroxyl groups excluding tert-OH is 1. The molecule has 0 spiro atoms. The van der Waals surface area contributed by atoms with Crippen molar-refractivity contribution < 1.29 is 41.4 Å². The van der Waals surface area contributed by atoms with Crippen molar-refractivity contribution in [3.8, 4) is 0 Å². The van der Waals surface area contributed by atoms with Crippen LogP contribution in [0.25, 0.3) is 0 Å². The maximum Gasteiger partial charge on any atom is 0.0319 e. The summed E-state index contributed by atoms with van der Waals surface area (Å²) in [6, 6.07) is 0. The molecule has 1 nitrogen and oxygen atoms in total. The molecule has 25 valence electrons. The fraction of sp³-hybridized carbons (Fsp3) is 1.00. The first-order chi connectivity index (χ1) is 1.00. The number of hydrogen-bond acceptors (Lipinski definition) is 1. The van der Waals surface area contributed by atoms with E-state index in [4.69, 9.17) is 5.11 Å². The van der Waals surface area contributed by atoms with E-state index in [9.17, 15) is 0 Å². The first-order valence-corrected chi connectivity index (χ1v) is 0.447. The molecule has 0 aromatic rings. The Hall–Kier alpha value is 1.09. The van der Waals surface area contributed by atoms with Crippen molar-refractivity contribution in [1.82, 2.24) is 0 Å². The molecule has 0 aliphatic carbocycles. The zero-order valence-corrected chi connectivity index (χ0v) is 6.50. The van der Waals surface area contributed by atoms with Crippen molar-refractivity contribution in [3.05, 3.63) is 0 Å². The van der Waals surface area contributed by atoms with Gasteiger partial charge in [0.25, 0.3) is 0 Å². The Morgan fingerprint density at radius 1 is 1.25 bits per heavy atom. The Kier molecular flexibility index (Phi) is 160. The molecule has 0 saturated carbocycles. The van der Waals surface area contributed by atoms with Crippen LogP contribution in [0.2, 0.25) is 0 Å². The number of aliphatic hydroxyl groups is 1. The summed E-state index contributed by atoms with van der Waals surface area (Å²) in [4.78, 5) is 0. The monoisotopic (exact) mass is 155 g/mol. The van der Waals surface area contributed by atoms with E-state index in [0.717, 1.165) is 7.11 Å². The standard InChI is InChI=1S/CH4O.Co.Zn/c1-2;;/h2H,1H3;;. The molecule has 0 aromatic carbocycles. The average Bonchev–Trinajstić information content (AvgIpc) is 1.00. The second-order valence-electron chi connectivity index (χ2n) is 0. The third-order valence-corrected chi connectivity index (χ3v) is 0. The Balaban J connectivity index is -0.00000000500. The van der Waals surface area contributed by atoms with Gasteiger partial charge in [0.05, 0.1) is 0 Å². The molecule has 0 fully saturated rings. The van der Waals surface area contributed by atoms with E-state index in [0.29, 0.717) is 0 Å².